The van der Waals surface area contributed by atoms with Crippen molar-refractivity contribution in [2.75, 3.05) is 0 Å². The van der Waals surface area contributed by atoms with Gasteiger partial charge in [-0.15, -0.1) is 0 Å². The van der Waals surface area contributed by atoms with Crippen LogP contribution in [0.15, 0.2) is 21.9 Å². The number of fused-ring (bicyclic) bond motifs is 2. The van der Waals surface area contributed by atoms with E-state index in [2.05, 4.69) is 31.1 Å². The van der Waals surface area contributed by atoms with E-state index in [1.807, 2.05) is 0 Å². The molecule has 6 nitrogen and oxygen atoms in total. The molecule has 1 aromatic heterocycles. The fourth-order valence-electron chi connectivity index (χ4n) is 4.39. The number of amides is 1. The van der Waals surface area contributed by atoms with Crippen LogP contribution in [-0.2, 0) is 11.3 Å². The molecule has 2 aliphatic rings. The number of H-pyrrole nitrogens is 1. The highest BCUT2D eigenvalue weighted by atomic mass is 16.2. The molecule has 0 saturated heterocycles. The molecular formula is C16H23N3O3. The summed E-state index contributed by atoms with van der Waals surface area (Å²) in [4.78, 5) is 37.1. The maximum absolute atomic E-state index is 12.3. The van der Waals surface area contributed by atoms with Gasteiger partial charge in [-0.1, -0.05) is 20.8 Å². The molecule has 1 amide bonds. The van der Waals surface area contributed by atoms with Gasteiger partial charge in [0, 0.05) is 18.3 Å². The van der Waals surface area contributed by atoms with E-state index in [0.717, 1.165) is 12.8 Å². The Balaban J connectivity index is 1.71. The van der Waals surface area contributed by atoms with Gasteiger partial charge >= 0.3 is 5.69 Å². The third-order valence-corrected chi connectivity index (χ3v) is 6.34. The summed E-state index contributed by atoms with van der Waals surface area (Å²) in [6.45, 7) is 6.79. The Bertz CT molecular complexity index is 718. The molecule has 0 spiro atoms. The van der Waals surface area contributed by atoms with Crippen LogP contribution in [0.25, 0.3) is 0 Å². The molecule has 3 rings (SSSR count). The van der Waals surface area contributed by atoms with Crippen LogP contribution in [0.2, 0.25) is 0 Å². The Hall–Kier alpha value is -1.85. The van der Waals surface area contributed by atoms with Crippen LogP contribution in [0.1, 0.15) is 40.0 Å². The zero-order valence-electron chi connectivity index (χ0n) is 13.3. The average Bonchev–Trinajstić information content (AvgIpc) is 2.75. The smallest absolute Gasteiger partial charge is 0.328 e. The molecule has 0 unspecified atom stereocenters. The lowest BCUT2D eigenvalue weighted by molar-refractivity contribution is -0.123. The van der Waals surface area contributed by atoms with Crippen molar-refractivity contribution in [2.24, 2.45) is 16.7 Å². The number of aromatic nitrogens is 2. The summed E-state index contributed by atoms with van der Waals surface area (Å²) in [5.74, 6) is 0.474. The second kappa shape index (κ2) is 4.83. The molecule has 0 aliphatic heterocycles. The fraction of sp³-hybridized carbons (Fsp3) is 0.688. The molecule has 2 N–H and O–H groups in total. The predicted molar refractivity (Wildman–Crippen MR) is 82.5 cm³/mol. The summed E-state index contributed by atoms with van der Waals surface area (Å²) < 4.78 is 1.22. The summed E-state index contributed by atoms with van der Waals surface area (Å²) in [5.41, 5.74) is -0.658. The molecule has 1 heterocycles. The predicted octanol–water partition coefficient (Wildman–Crippen LogP) is 0.868. The maximum Gasteiger partial charge on any atom is 0.328 e. The van der Waals surface area contributed by atoms with Crippen molar-refractivity contribution in [2.45, 2.75) is 52.6 Å². The number of nitrogens with zero attached hydrogens (tertiary/aromatic N) is 1. The minimum absolute atomic E-state index is 0.0622. The Morgan fingerprint density at radius 3 is 2.68 bits per heavy atom. The molecule has 3 atom stereocenters. The van der Waals surface area contributed by atoms with Crippen molar-refractivity contribution in [1.82, 2.24) is 14.9 Å². The average molecular weight is 305 g/mol. The minimum atomic E-state index is -0.554. The standard InChI is InChI=1S/C16H23N3O3/c1-15(2)10-4-6-16(15,3)11(8-10)17-13(21)9-19-7-5-12(20)18-14(19)22/h5,7,10-11H,4,6,8-9H2,1-3H3,(H,17,21)(H,18,20,22)/t10-,11+,16-/m0/s1. The van der Waals surface area contributed by atoms with E-state index in [0.29, 0.717) is 5.92 Å². The Kier molecular flexibility index (Phi) is 3.30. The van der Waals surface area contributed by atoms with Gasteiger partial charge in [0.25, 0.3) is 5.56 Å². The number of nitrogens with one attached hydrogen (secondary N) is 2. The molecule has 2 bridgehead atoms. The lowest BCUT2D eigenvalue weighted by atomic mass is 9.69. The van der Waals surface area contributed by atoms with Gasteiger partial charge < -0.3 is 5.32 Å². The monoisotopic (exact) mass is 305 g/mol. The zero-order valence-corrected chi connectivity index (χ0v) is 13.3. The third-order valence-electron chi connectivity index (χ3n) is 6.34. The van der Waals surface area contributed by atoms with Crippen LogP contribution in [0.5, 0.6) is 0 Å². The summed E-state index contributed by atoms with van der Waals surface area (Å²) in [6, 6.07) is 1.41. The summed E-state index contributed by atoms with van der Waals surface area (Å²) in [7, 11) is 0. The largest absolute Gasteiger partial charge is 0.351 e. The maximum atomic E-state index is 12.3. The van der Waals surface area contributed by atoms with Gasteiger partial charge in [0.1, 0.15) is 6.54 Å². The highest BCUT2D eigenvalue weighted by molar-refractivity contribution is 5.76. The third kappa shape index (κ3) is 2.12. The quantitative estimate of drug-likeness (QED) is 0.869. The van der Waals surface area contributed by atoms with Gasteiger partial charge in [0.05, 0.1) is 0 Å². The van der Waals surface area contributed by atoms with E-state index >= 15 is 0 Å². The van der Waals surface area contributed by atoms with Crippen LogP contribution >= 0.6 is 0 Å². The van der Waals surface area contributed by atoms with E-state index in [1.54, 1.807) is 0 Å². The van der Waals surface area contributed by atoms with Crippen molar-refractivity contribution in [1.29, 1.82) is 0 Å². The normalized spacial score (nSPS) is 32.1. The van der Waals surface area contributed by atoms with Gasteiger partial charge in [-0.3, -0.25) is 19.1 Å². The summed E-state index contributed by atoms with van der Waals surface area (Å²) in [6.07, 6.45) is 4.73. The Morgan fingerprint density at radius 2 is 2.14 bits per heavy atom. The van der Waals surface area contributed by atoms with E-state index in [9.17, 15) is 14.4 Å². The number of carbonyl (C=O) groups excluding carboxylic acids is 1. The molecular weight excluding hydrogens is 282 g/mol. The van der Waals surface area contributed by atoms with Gasteiger partial charge in [0.2, 0.25) is 5.91 Å². The van der Waals surface area contributed by atoms with Crippen LogP contribution < -0.4 is 16.6 Å². The van der Waals surface area contributed by atoms with Gasteiger partial charge in [-0.05, 0) is 36.0 Å². The highest BCUT2D eigenvalue weighted by Crippen LogP contribution is 2.65. The van der Waals surface area contributed by atoms with E-state index in [1.165, 1.54) is 23.3 Å². The van der Waals surface area contributed by atoms with Gasteiger partial charge in [0.15, 0.2) is 0 Å². The Labute approximate surface area is 128 Å². The molecule has 2 aliphatic carbocycles. The van der Waals surface area contributed by atoms with Crippen LogP contribution in [0.4, 0.5) is 0 Å². The first-order chi connectivity index (χ1) is 10.2. The fourth-order valence-corrected chi connectivity index (χ4v) is 4.39. The van der Waals surface area contributed by atoms with Crippen LogP contribution in [0, 0.1) is 16.7 Å². The van der Waals surface area contributed by atoms with Crippen molar-refractivity contribution in [3.8, 4) is 0 Å². The van der Waals surface area contributed by atoms with Crippen LogP contribution in [0.3, 0.4) is 0 Å². The van der Waals surface area contributed by atoms with E-state index in [4.69, 9.17) is 0 Å². The molecule has 0 radical (unpaired) electrons. The highest BCUT2D eigenvalue weighted by Gasteiger charge is 2.61. The van der Waals surface area contributed by atoms with E-state index < -0.39 is 11.2 Å². The first-order valence-corrected chi connectivity index (χ1v) is 7.83. The summed E-state index contributed by atoms with van der Waals surface area (Å²) >= 11 is 0. The molecule has 0 aromatic carbocycles. The SMILES string of the molecule is CC1(C)[C@H]2CC[C@@]1(C)[C@H](NC(=O)Cn1ccc(=O)[nH]c1=O)C2. The lowest BCUT2D eigenvalue weighted by Crippen LogP contribution is -2.48. The molecule has 2 saturated carbocycles. The molecule has 1 aromatic rings. The van der Waals surface area contributed by atoms with Gasteiger partial charge in [-0.2, -0.15) is 0 Å². The summed E-state index contributed by atoms with van der Waals surface area (Å²) in [5, 5.41) is 3.11. The second-order valence-corrected chi connectivity index (χ2v) is 7.47. The Morgan fingerprint density at radius 1 is 1.41 bits per heavy atom. The number of carbonyl (C=O) groups is 1. The molecule has 6 heteroatoms. The van der Waals surface area contributed by atoms with Gasteiger partial charge in [-0.25, -0.2) is 4.79 Å². The van der Waals surface area contributed by atoms with Crippen molar-refractivity contribution in [3.05, 3.63) is 33.1 Å². The number of hydrogen-bond donors (Lipinski definition) is 2. The van der Waals surface area contributed by atoms with Crippen LogP contribution in [-0.4, -0.2) is 21.5 Å². The minimum Gasteiger partial charge on any atom is -0.351 e. The number of aromatic amines is 1. The van der Waals surface area contributed by atoms with Crippen molar-refractivity contribution >= 4 is 5.91 Å². The number of hydrogen-bond acceptors (Lipinski definition) is 3. The number of rotatable bonds is 3. The first kappa shape index (κ1) is 15.1. The first-order valence-electron chi connectivity index (χ1n) is 7.83. The topological polar surface area (TPSA) is 84.0 Å². The molecule has 120 valence electrons. The van der Waals surface area contributed by atoms with E-state index in [-0.39, 0.29) is 29.3 Å². The van der Waals surface area contributed by atoms with Crippen molar-refractivity contribution in [3.63, 3.8) is 0 Å². The zero-order chi connectivity index (χ0) is 16.1. The molecule has 2 fully saturated rings. The molecule has 22 heavy (non-hydrogen) atoms. The van der Waals surface area contributed by atoms with Crippen molar-refractivity contribution < 1.29 is 4.79 Å². The lowest BCUT2D eigenvalue weighted by Gasteiger charge is -2.39. The second-order valence-electron chi connectivity index (χ2n) is 7.47.